The second-order valence-corrected chi connectivity index (χ2v) is 18.4. The zero-order valence-electron chi connectivity index (χ0n) is 34.3. The van der Waals surface area contributed by atoms with Gasteiger partial charge in [-0.05, 0) is 155 Å². The van der Waals surface area contributed by atoms with Crippen LogP contribution in [0.2, 0.25) is 0 Å². The van der Waals surface area contributed by atoms with Gasteiger partial charge in [-0.25, -0.2) is 4.79 Å². The third kappa shape index (κ3) is 9.00. The molecule has 0 unspecified atom stereocenters. The summed E-state index contributed by atoms with van der Waals surface area (Å²) in [7, 11) is 0. The van der Waals surface area contributed by atoms with E-state index in [1.54, 1.807) is 6.92 Å². The molecule has 6 rings (SSSR count). The van der Waals surface area contributed by atoms with E-state index >= 15 is 0 Å². The van der Waals surface area contributed by atoms with Crippen molar-refractivity contribution in [3.05, 3.63) is 41.5 Å². The summed E-state index contributed by atoms with van der Waals surface area (Å²) in [5.41, 5.74) is 1.64. The summed E-state index contributed by atoms with van der Waals surface area (Å²) in [4.78, 5) is 49.1. The van der Waals surface area contributed by atoms with Crippen LogP contribution in [-0.2, 0) is 44.5 Å². The number of fused-ring (bicyclic) bond motifs is 5. The summed E-state index contributed by atoms with van der Waals surface area (Å²) in [5, 5.41) is 10.6. The van der Waals surface area contributed by atoms with E-state index in [0.29, 0.717) is 39.0 Å². The van der Waals surface area contributed by atoms with E-state index in [-0.39, 0.29) is 88.6 Å². The number of benzene rings is 1. The fourth-order valence-corrected chi connectivity index (χ4v) is 12.5. The highest BCUT2D eigenvalue weighted by molar-refractivity contribution is 5.82. The molecule has 10 heteroatoms. The lowest BCUT2D eigenvalue weighted by atomic mass is 9.43. The van der Waals surface area contributed by atoms with Gasteiger partial charge in [0, 0.05) is 23.8 Å². The molecule has 5 saturated carbocycles. The van der Waals surface area contributed by atoms with Gasteiger partial charge in [-0.1, -0.05) is 39.3 Å². The topological polar surface area (TPSA) is 135 Å². The number of ether oxygens (including phenoxy) is 5. The van der Waals surface area contributed by atoms with E-state index in [9.17, 15) is 24.3 Å². The van der Waals surface area contributed by atoms with Crippen LogP contribution in [0.4, 0.5) is 0 Å². The van der Waals surface area contributed by atoms with Crippen LogP contribution < -0.4 is 4.74 Å². The molecule has 5 fully saturated rings. The maximum absolute atomic E-state index is 13.5. The van der Waals surface area contributed by atoms with Gasteiger partial charge in [0.25, 0.3) is 12.9 Å². The van der Waals surface area contributed by atoms with Crippen LogP contribution >= 0.6 is 0 Å². The van der Waals surface area contributed by atoms with Crippen molar-refractivity contribution in [2.45, 2.75) is 149 Å². The average Bonchev–Trinajstić information content (AvgIpc) is 3.53. The molecule has 0 bridgehead atoms. The number of esters is 2. The summed E-state index contributed by atoms with van der Waals surface area (Å²) < 4.78 is 29.1. The quantitative estimate of drug-likeness (QED) is 0.0763. The van der Waals surface area contributed by atoms with E-state index in [1.165, 1.54) is 11.6 Å². The summed E-state index contributed by atoms with van der Waals surface area (Å²) in [5.74, 6) is 1.82. The fraction of sp³-hybridized carbons (Fsp3) is 0.739. The van der Waals surface area contributed by atoms with E-state index in [1.807, 2.05) is 19.1 Å². The lowest BCUT2D eigenvalue weighted by Crippen LogP contribution is -2.63. The maximum atomic E-state index is 13.5. The van der Waals surface area contributed by atoms with Gasteiger partial charge in [-0.2, -0.15) is 0 Å². The van der Waals surface area contributed by atoms with Gasteiger partial charge < -0.3 is 28.8 Å². The van der Waals surface area contributed by atoms with Crippen molar-refractivity contribution in [1.82, 2.24) is 0 Å². The molecule has 13 atom stereocenters. The molecule has 0 amide bonds. The van der Waals surface area contributed by atoms with Crippen LogP contribution in [0.5, 0.6) is 5.75 Å². The molecule has 10 nitrogen and oxygen atoms in total. The highest BCUT2D eigenvalue weighted by Gasteiger charge is 2.67. The van der Waals surface area contributed by atoms with E-state index in [4.69, 9.17) is 23.7 Å². The predicted molar refractivity (Wildman–Crippen MR) is 210 cm³/mol. The number of aliphatic hydroxyl groups excluding tert-OH is 1. The molecule has 1 aromatic carbocycles. The van der Waals surface area contributed by atoms with Crippen molar-refractivity contribution in [1.29, 1.82) is 0 Å². The van der Waals surface area contributed by atoms with Crippen molar-refractivity contribution in [2.75, 3.05) is 13.2 Å². The third-order valence-electron chi connectivity index (χ3n) is 15.4. The molecule has 0 saturated heterocycles. The van der Waals surface area contributed by atoms with E-state index in [0.717, 1.165) is 88.4 Å². The molecular formula is C46H66O10. The zero-order valence-corrected chi connectivity index (χ0v) is 34.3. The monoisotopic (exact) mass is 778 g/mol. The highest BCUT2D eigenvalue weighted by Crippen LogP contribution is 2.69. The Morgan fingerprint density at radius 2 is 1.68 bits per heavy atom. The van der Waals surface area contributed by atoms with Gasteiger partial charge in [0.15, 0.2) is 0 Å². The SMILES string of the molecule is CCOC(=O)/C=C(\C)COc1ccc(C[C@@H]2CCCC[C@@H]2OC(=O)CC[C@@H](C)[C@H]2CC[C@H]3[C@@H]4[C@H](OC=O)C[C@@H]5C[C@H](O)CC[C@]5(C)[C@H]4C[C@H](OC=O)[C@]23C)cc1. The standard InChI is InChI=1S/C46H66O10/c1-6-52-43(51)21-29(2)26-53-35-14-12-31(13-15-35)22-32-9-7-8-10-39(32)56-42(50)18-11-30(3)36-16-17-37-44-38(25-41(55-28-48)46(36,37)5)45(4)20-19-34(49)23-33(45)24-40(44)54-27-47/h12-15,21,27-28,30,32-34,36-41,44,49H,6-11,16-20,22-26H2,1-5H3/b29-21+/t30-,32+,33+,34-,36-,37+,38+,39+,40-,41+,44+,45+,46-/m1/s1. The third-order valence-corrected chi connectivity index (χ3v) is 15.4. The van der Waals surface area contributed by atoms with Gasteiger partial charge in [0.05, 0.1) is 12.7 Å². The molecule has 0 heterocycles. The fourth-order valence-electron chi connectivity index (χ4n) is 12.5. The number of rotatable bonds is 16. The van der Waals surface area contributed by atoms with Crippen molar-refractivity contribution < 1.29 is 48.0 Å². The van der Waals surface area contributed by atoms with Crippen molar-refractivity contribution in [2.24, 2.45) is 52.3 Å². The number of carbonyl (C=O) groups is 4. The van der Waals surface area contributed by atoms with Gasteiger partial charge >= 0.3 is 11.9 Å². The highest BCUT2D eigenvalue weighted by atomic mass is 16.5. The van der Waals surface area contributed by atoms with E-state index in [2.05, 4.69) is 32.9 Å². The Hall–Kier alpha value is -3.40. The van der Waals surface area contributed by atoms with Gasteiger partial charge in [-0.15, -0.1) is 0 Å². The van der Waals surface area contributed by atoms with Crippen LogP contribution in [0.25, 0.3) is 0 Å². The van der Waals surface area contributed by atoms with Gasteiger partial charge in [-0.3, -0.25) is 14.4 Å². The molecule has 310 valence electrons. The van der Waals surface area contributed by atoms with E-state index < -0.39 is 0 Å². The summed E-state index contributed by atoms with van der Waals surface area (Å²) in [6.07, 6.45) is 12.4. The Balaban J connectivity index is 1.06. The number of carbonyl (C=O) groups excluding carboxylic acids is 4. The summed E-state index contributed by atoms with van der Waals surface area (Å²) in [6, 6.07) is 8.04. The molecule has 0 spiro atoms. The van der Waals surface area contributed by atoms with Crippen molar-refractivity contribution in [3.8, 4) is 5.75 Å². The van der Waals surface area contributed by atoms with Crippen LogP contribution in [-0.4, -0.2) is 67.6 Å². The molecule has 1 N–H and O–H groups in total. The number of hydrogen-bond donors (Lipinski definition) is 1. The van der Waals surface area contributed by atoms with Crippen LogP contribution in [0.1, 0.15) is 124 Å². The average molecular weight is 779 g/mol. The minimum Gasteiger partial charge on any atom is -0.489 e. The first kappa shape index (κ1) is 42.2. The van der Waals surface area contributed by atoms with Crippen LogP contribution in [0, 0.1) is 52.3 Å². The van der Waals surface area contributed by atoms with Gasteiger partial charge in [0.2, 0.25) is 0 Å². The summed E-state index contributed by atoms with van der Waals surface area (Å²) in [6.45, 7) is 12.4. The smallest absolute Gasteiger partial charge is 0.330 e. The Kier molecular flexibility index (Phi) is 13.9. The molecule has 5 aliphatic carbocycles. The first-order chi connectivity index (χ1) is 26.9. The minimum atomic E-state index is -0.365. The van der Waals surface area contributed by atoms with Crippen molar-refractivity contribution in [3.63, 3.8) is 0 Å². The predicted octanol–water partition coefficient (Wildman–Crippen LogP) is 7.96. The second kappa shape index (κ2) is 18.5. The molecule has 0 radical (unpaired) electrons. The van der Waals surface area contributed by atoms with Crippen molar-refractivity contribution >= 4 is 24.9 Å². The zero-order chi connectivity index (χ0) is 40.0. The lowest BCUT2D eigenvalue weighted by molar-refractivity contribution is -0.217. The first-order valence-electron chi connectivity index (χ1n) is 21.5. The Morgan fingerprint density at radius 3 is 2.41 bits per heavy atom. The van der Waals surface area contributed by atoms with Crippen LogP contribution in [0.15, 0.2) is 35.9 Å². The molecule has 0 aliphatic heterocycles. The normalized spacial score (nSPS) is 37.1. The van der Waals surface area contributed by atoms with Crippen LogP contribution in [0.3, 0.4) is 0 Å². The summed E-state index contributed by atoms with van der Waals surface area (Å²) >= 11 is 0. The number of aliphatic hydroxyl groups is 1. The molecular weight excluding hydrogens is 712 g/mol. The number of hydrogen-bond acceptors (Lipinski definition) is 10. The minimum absolute atomic E-state index is 0.00878. The Bertz CT molecular complexity index is 1540. The Labute approximate surface area is 333 Å². The molecule has 5 aliphatic rings. The molecule has 56 heavy (non-hydrogen) atoms. The molecule has 1 aromatic rings. The lowest BCUT2D eigenvalue weighted by Gasteiger charge is -2.64. The first-order valence-corrected chi connectivity index (χ1v) is 21.5. The Morgan fingerprint density at radius 1 is 0.929 bits per heavy atom. The largest absolute Gasteiger partial charge is 0.489 e. The molecule has 0 aromatic heterocycles. The maximum Gasteiger partial charge on any atom is 0.330 e. The second-order valence-electron chi connectivity index (χ2n) is 18.4. The van der Waals surface area contributed by atoms with Gasteiger partial charge in [0.1, 0.15) is 30.7 Å².